The molecule has 2 aromatic rings. The summed E-state index contributed by atoms with van der Waals surface area (Å²) in [5, 5.41) is 2.99. The number of hydrogen-bond donors (Lipinski definition) is 0. The van der Waals surface area contributed by atoms with Gasteiger partial charge in [-0.25, -0.2) is 4.98 Å². The van der Waals surface area contributed by atoms with Gasteiger partial charge in [-0.2, -0.15) is 0 Å². The lowest BCUT2D eigenvalue weighted by atomic mass is 10.2. The number of hydrogen-bond acceptors (Lipinski definition) is 4. The van der Waals surface area contributed by atoms with Crippen molar-refractivity contribution < 1.29 is 9.53 Å². The fraction of sp³-hybridized carbons (Fsp3) is 0.333. The molecule has 1 aromatic carbocycles. The fourth-order valence-electron chi connectivity index (χ4n) is 1.61. The van der Waals surface area contributed by atoms with E-state index in [4.69, 9.17) is 4.74 Å². The molecule has 0 saturated heterocycles. The van der Waals surface area contributed by atoms with Gasteiger partial charge in [0.2, 0.25) is 0 Å². The van der Waals surface area contributed by atoms with Crippen LogP contribution in [0.1, 0.15) is 36.0 Å². The number of carbonyl (C=O) groups is 1. The molecule has 19 heavy (non-hydrogen) atoms. The highest BCUT2D eigenvalue weighted by molar-refractivity contribution is 7.09. The Morgan fingerprint density at radius 1 is 1.32 bits per heavy atom. The van der Waals surface area contributed by atoms with Crippen molar-refractivity contribution in [1.29, 1.82) is 0 Å². The minimum Gasteiger partial charge on any atom is -0.461 e. The summed E-state index contributed by atoms with van der Waals surface area (Å²) in [5.41, 5.74) is 1.80. The Hall–Kier alpha value is -1.68. The third-order valence-corrected chi connectivity index (χ3v) is 3.83. The van der Waals surface area contributed by atoms with Crippen molar-refractivity contribution >= 4 is 17.3 Å². The van der Waals surface area contributed by atoms with Crippen LogP contribution in [0.15, 0.2) is 35.7 Å². The minimum atomic E-state index is -0.232. The summed E-state index contributed by atoms with van der Waals surface area (Å²) in [5.74, 6) is 0.170. The van der Waals surface area contributed by atoms with Gasteiger partial charge < -0.3 is 4.74 Å². The van der Waals surface area contributed by atoms with E-state index in [1.165, 1.54) is 0 Å². The van der Waals surface area contributed by atoms with E-state index in [9.17, 15) is 4.79 Å². The van der Waals surface area contributed by atoms with E-state index >= 15 is 0 Å². The Labute approximate surface area is 117 Å². The number of nitrogens with zero attached hydrogens (tertiary/aromatic N) is 1. The highest BCUT2D eigenvalue weighted by atomic mass is 32.1. The summed E-state index contributed by atoms with van der Waals surface area (Å²) in [4.78, 5) is 16.1. The zero-order valence-electron chi connectivity index (χ0n) is 11.1. The molecule has 0 aliphatic rings. The Bertz CT molecular complexity index is 534. The van der Waals surface area contributed by atoms with Crippen LogP contribution in [0.2, 0.25) is 0 Å². The maximum atomic E-state index is 11.7. The number of thiazole rings is 1. The molecule has 2 rings (SSSR count). The smallest absolute Gasteiger partial charge is 0.312 e. The molecule has 0 spiro atoms. The highest BCUT2D eigenvalue weighted by Gasteiger charge is 2.10. The normalized spacial score (nSPS) is 10.7. The molecule has 1 aromatic heterocycles. The van der Waals surface area contributed by atoms with Gasteiger partial charge in [-0.3, -0.25) is 4.79 Å². The molecule has 1 heterocycles. The van der Waals surface area contributed by atoms with Gasteiger partial charge in [0, 0.05) is 11.3 Å². The fourth-order valence-corrected chi connectivity index (χ4v) is 2.44. The van der Waals surface area contributed by atoms with E-state index < -0.39 is 0 Å². The third kappa shape index (κ3) is 4.17. The molecule has 0 N–H and O–H groups in total. The van der Waals surface area contributed by atoms with Crippen LogP contribution >= 0.6 is 11.3 Å². The predicted octanol–water partition coefficient (Wildman–Crippen LogP) is 3.55. The molecule has 0 saturated carbocycles. The van der Waals surface area contributed by atoms with Crippen LogP contribution in [0.5, 0.6) is 0 Å². The van der Waals surface area contributed by atoms with E-state index in [-0.39, 0.29) is 12.4 Å². The maximum Gasteiger partial charge on any atom is 0.312 e. The van der Waals surface area contributed by atoms with E-state index in [0.717, 1.165) is 16.3 Å². The van der Waals surface area contributed by atoms with Crippen LogP contribution in [-0.4, -0.2) is 11.0 Å². The topological polar surface area (TPSA) is 39.2 Å². The number of esters is 1. The molecular weight excluding hydrogens is 258 g/mol. The molecule has 0 bridgehead atoms. The summed E-state index contributed by atoms with van der Waals surface area (Å²) >= 11 is 1.60. The second-order valence-corrected chi connectivity index (χ2v) is 5.54. The van der Waals surface area contributed by atoms with Gasteiger partial charge in [0.25, 0.3) is 0 Å². The quantitative estimate of drug-likeness (QED) is 0.783. The van der Waals surface area contributed by atoms with E-state index in [0.29, 0.717) is 12.5 Å². The lowest BCUT2D eigenvalue weighted by Crippen LogP contribution is -2.08. The maximum absolute atomic E-state index is 11.7. The molecule has 0 unspecified atom stereocenters. The summed E-state index contributed by atoms with van der Waals surface area (Å²) in [6.45, 7) is 4.51. The summed E-state index contributed by atoms with van der Waals surface area (Å²) in [6.07, 6.45) is 0.246. The van der Waals surface area contributed by atoms with Crippen LogP contribution in [0.25, 0.3) is 0 Å². The number of carbonyl (C=O) groups excluding carboxylic acids is 1. The molecule has 0 atom stereocenters. The van der Waals surface area contributed by atoms with Crippen molar-refractivity contribution in [3.63, 3.8) is 0 Å². The minimum absolute atomic E-state index is 0.232. The molecule has 0 fully saturated rings. The molecule has 3 nitrogen and oxygen atoms in total. The Kier molecular flexibility index (Phi) is 4.68. The predicted molar refractivity (Wildman–Crippen MR) is 76.1 cm³/mol. The molecule has 100 valence electrons. The van der Waals surface area contributed by atoms with E-state index in [1.54, 1.807) is 11.3 Å². The first-order chi connectivity index (χ1) is 9.15. The first kappa shape index (κ1) is 13.7. The van der Waals surface area contributed by atoms with Crippen LogP contribution in [0.4, 0.5) is 0 Å². The van der Waals surface area contributed by atoms with Crippen LogP contribution in [0.3, 0.4) is 0 Å². The highest BCUT2D eigenvalue weighted by Crippen LogP contribution is 2.19. The lowest BCUT2D eigenvalue weighted by molar-refractivity contribution is -0.144. The molecule has 0 aliphatic carbocycles. The standard InChI is InChI=1S/C15H17NO2S/c1-11(2)15-16-13(10-19-15)8-14(17)18-9-12-6-4-3-5-7-12/h3-7,10-11H,8-9H2,1-2H3. The third-order valence-electron chi connectivity index (χ3n) is 2.63. The first-order valence-corrected chi connectivity index (χ1v) is 7.17. The Morgan fingerprint density at radius 2 is 2.05 bits per heavy atom. The second kappa shape index (κ2) is 6.48. The van der Waals surface area contributed by atoms with Gasteiger partial charge in [0.1, 0.15) is 6.61 Å². The largest absolute Gasteiger partial charge is 0.461 e. The van der Waals surface area contributed by atoms with Crippen molar-refractivity contribution in [3.8, 4) is 0 Å². The van der Waals surface area contributed by atoms with Crippen LogP contribution in [-0.2, 0) is 22.6 Å². The van der Waals surface area contributed by atoms with Crippen LogP contribution in [0, 0.1) is 0 Å². The van der Waals surface area contributed by atoms with Gasteiger partial charge >= 0.3 is 5.97 Å². The van der Waals surface area contributed by atoms with Crippen molar-refractivity contribution in [2.45, 2.75) is 32.8 Å². The molecule has 0 amide bonds. The van der Waals surface area contributed by atoms with Crippen molar-refractivity contribution in [2.24, 2.45) is 0 Å². The van der Waals surface area contributed by atoms with Gasteiger partial charge in [-0.15, -0.1) is 11.3 Å². The van der Waals surface area contributed by atoms with Crippen molar-refractivity contribution in [3.05, 3.63) is 52.0 Å². The average molecular weight is 275 g/mol. The number of benzene rings is 1. The van der Waals surface area contributed by atoms with Gasteiger partial charge in [0.05, 0.1) is 17.1 Å². The zero-order chi connectivity index (χ0) is 13.7. The lowest BCUT2D eigenvalue weighted by Gasteiger charge is -2.03. The molecule has 0 radical (unpaired) electrons. The van der Waals surface area contributed by atoms with Crippen molar-refractivity contribution in [1.82, 2.24) is 4.98 Å². The number of rotatable bonds is 5. The second-order valence-electron chi connectivity index (χ2n) is 4.65. The zero-order valence-corrected chi connectivity index (χ0v) is 11.9. The molecular formula is C15H17NO2S. The van der Waals surface area contributed by atoms with Gasteiger partial charge in [-0.05, 0) is 5.56 Å². The first-order valence-electron chi connectivity index (χ1n) is 6.29. The van der Waals surface area contributed by atoms with E-state index in [2.05, 4.69) is 18.8 Å². The molecule has 0 aliphatic heterocycles. The van der Waals surface area contributed by atoms with Crippen molar-refractivity contribution in [2.75, 3.05) is 0 Å². The SMILES string of the molecule is CC(C)c1nc(CC(=O)OCc2ccccc2)cs1. The Morgan fingerprint density at radius 3 is 2.68 bits per heavy atom. The van der Waals surface area contributed by atoms with Crippen LogP contribution < -0.4 is 0 Å². The molecule has 4 heteroatoms. The summed E-state index contributed by atoms with van der Waals surface area (Å²) in [6, 6.07) is 9.67. The number of aromatic nitrogens is 1. The number of ether oxygens (including phenoxy) is 1. The average Bonchev–Trinajstić information content (AvgIpc) is 2.86. The van der Waals surface area contributed by atoms with Gasteiger partial charge in [-0.1, -0.05) is 44.2 Å². The monoisotopic (exact) mass is 275 g/mol. The van der Waals surface area contributed by atoms with E-state index in [1.807, 2.05) is 35.7 Å². The van der Waals surface area contributed by atoms with Gasteiger partial charge in [0.15, 0.2) is 0 Å². The summed E-state index contributed by atoms with van der Waals surface area (Å²) < 4.78 is 5.23. The Balaban J connectivity index is 1.84. The summed E-state index contributed by atoms with van der Waals surface area (Å²) in [7, 11) is 0.